The third-order valence-electron chi connectivity index (χ3n) is 4.89. The number of rotatable bonds is 0. The molecule has 0 fully saturated rings. The van der Waals surface area contributed by atoms with Gasteiger partial charge in [-0.1, -0.05) is 0 Å². The first kappa shape index (κ1) is 11.9. The molecule has 0 atom stereocenters. The molecule has 0 unspecified atom stereocenters. The summed E-state index contributed by atoms with van der Waals surface area (Å²) in [6.07, 6.45) is 0. The van der Waals surface area contributed by atoms with Crippen molar-refractivity contribution in [2.24, 2.45) is 0 Å². The molecule has 1 aliphatic heterocycles. The van der Waals surface area contributed by atoms with E-state index in [-0.39, 0.29) is 5.41 Å². The summed E-state index contributed by atoms with van der Waals surface area (Å²) in [6, 6.07) is 18.0. The minimum absolute atomic E-state index is 0.105. The van der Waals surface area contributed by atoms with Crippen molar-refractivity contribution in [2.75, 3.05) is 0 Å². The van der Waals surface area contributed by atoms with Crippen LogP contribution in [0.25, 0.3) is 26.4 Å². The Morgan fingerprint density at radius 3 is 2.57 bits per heavy atom. The third-order valence-corrected chi connectivity index (χ3v) is 6.77. The molecule has 2 heteroatoms. The standard InChI is InChI=1S/C19H15NSe/c1-19(2)14-8-5-7-13-12-6-3-4-9-16(12)20(17(13)14)18-15(19)10-11-21-18/h3-11H,1-2H3. The van der Waals surface area contributed by atoms with Crippen molar-refractivity contribution in [2.45, 2.75) is 19.3 Å². The zero-order valence-electron chi connectivity index (χ0n) is 12.1. The monoisotopic (exact) mass is 337 g/mol. The molecule has 0 bridgehead atoms. The molecule has 0 saturated heterocycles. The average Bonchev–Trinajstić information content (AvgIpc) is 3.08. The number of para-hydroxylation sites is 2. The van der Waals surface area contributed by atoms with Crippen LogP contribution in [0, 0.1) is 0 Å². The molecule has 102 valence electrons. The molecule has 4 aromatic rings. The summed E-state index contributed by atoms with van der Waals surface area (Å²) < 4.78 is 4.05. The number of nitrogens with zero attached hydrogens (tertiary/aromatic N) is 1. The van der Waals surface area contributed by atoms with Crippen molar-refractivity contribution in [1.29, 1.82) is 0 Å². The second-order valence-corrected chi connectivity index (χ2v) is 8.20. The van der Waals surface area contributed by atoms with Gasteiger partial charge in [-0.25, -0.2) is 0 Å². The van der Waals surface area contributed by atoms with Crippen molar-refractivity contribution >= 4 is 36.3 Å². The summed E-state index contributed by atoms with van der Waals surface area (Å²) in [5.74, 6) is 0. The summed E-state index contributed by atoms with van der Waals surface area (Å²) in [7, 11) is 0. The number of fused-ring (bicyclic) bond motifs is 5. The fourth-order valence-corrected chi connectivity index (χ4v) is 6.09. The van der Waals surface area contributed by atoms with Gasteiger partial charge in [-0.05, 0) is 0 Å². The Balaban J connectivity index is 2.16. The molecule has 1 nitrogen and oxygen atoms in total. The van der Waals surface area contributed by atoms with Gasteiger partial charge in [0.15, 0.2) is 0 Å². The molecule has 1 aliphatic rings. The summed E-state index contributed by atoms with van der Waals surface area (Å²) in [6.45, 7) is 4.73. The summed E-state index contributed by atoms with van der Waals surface area (Å²) in [4.78, 5) is 2.37. The van der Waals surface area contributed by atoms with Crippen LogP contribution >= 0.6 is 0 Å². The van der Waals surface area contributed by atoms with Crippen molar-refractivity contribution in [1.82, 2.24) is 4.57 Å². The topological polar surface area (TPSA) is 4.93 Å². The molecule has 5 rings (SSSR count). The first-order chi connectivity index (χ1) is 10.2. The van der Waals surface area contributed by atoms with E-state index in [4.69, 9.17) is 0 Å². The fourth-order valence-electron chi connectivity index (χ4n) is 3.83. The maximum atomic E-state index is 2.53. The van der Waals surface area contributed by atoms with E-state index in [0.717, 1.165) is 0 Å². The van der Waals surface area contributed by atoms with Gasteiger partial charge in [-0.15, -0.1) is 0 Å². The molecule has 0 spiro atoms. The van der Waals surface area contributed by atoms with Crippen LogP contribution in [0.5, 0.6) is 0 Å². The van der Waals surface area contributed by atoms with E-state index in [9.17, 15) is 0 Å². The van der Waals surface area contributed by atoms with Gasteiger partial charge in [0.2, 0.25) is 0 Å². The summed E-state index contributed by atoms with van der Waals surface area (Å²) in [5.41, 5.74) is 5.84. The zero-order valence-corrected chi connectivity index (χ0v) is 13.8. The van der Waals surface area contributed by atoms with Crippen LogP contribution in [-0.4, -0.2) is 19.1 Å². The summed E-state index contributed by atoms with van der Waals surface area (Å²) >= 11 is 0.439. The van der Waals surface area contributed by atoms with Gasteiger partial charge in [-0.2, -0.15) is 0 Å². The van der Waals surface area contributed by atoms with Crippen LogP contribution in [0.2, 0.25) is 0 Å². The van der Waals surface area contributed by atoms with E-state index < -0.39 is 0 Å². The Morgan fingerprint density at radius 2 is 1.67 bits per heavy atom. The van der Waals surface area contributed by atoms with Gasteiger partial charge >= 0.3 is 129 Å². The molecule has 3 heterocycles. The molecule has 21 heavy (non-hydrogen) atoms. The van der Waals surface area contributed by atoms with Gasteiger partial charge < -0.3 is 0 Å². The van der Waals surface area contributed by atoms with Gasteiger partial charge in [-0.3, -0.25) is 0 Å². The molecule has 0 aliphatic carbocycles. The first-order valence-corrected chi connectivity index (χ1v) is 9.15. The van der Waals surface area contributed by atoms with Gasteiger partial charge in [0, 0.05) is 0 Å². The Bertz CT molecular complexity index is 1020. The van der Waals surface area contributed by atoms with E-state index in [1.807, 2.05) is 0 Å². The SMILES string of the molecule is CC1(C)c2cc[se]c2-n2c3ccccc3c3cccc1c32. The zero-order chi connectivity index (χ0) is 14.2. The van der Waals surface area contributed by atoms with E-state index in [0.29, 0.717) is 14.5 Å². The Labute approximate surface area is 129 Å². The predicted molar refractivity (Wildman–Crippen MR) is 89.8 cm³/mol. The molecule has 2 aromatic carbocycles. The normalized spacial score (nSPS) is 15.5. The molecule has 0 radical (unpaired) electrons. The molecular formula is C19H15NSe. The van der Waals surface area contributed by atoms with Crippen LogP contribution in [0.3, 0.4) is 0 Å². The fraction of sp³-hybridized carbons (Fsp3) is 0.158. The van der Waals surface area contributed by atoms with Crippen LogP contribution < -0.4 is 0 Å². The van der Waals surface area contributed by atoms with Gasteiger partial charge in [0.25, 0.3) is 0 Å². The number of benzene rings is 2. The van der Waals surface area contributed by atoms with Crippen molar-refractivity contribution in [3.63, 3.8) is 0 Å². The molecule has 2 aromatic heterocycles. The third kappa shape index (κ3) is 1.28. The van der Waals surface area contributed by atoms with E-state index in [2.05, 4.69) is 71.9 Å². The summed E-state index contributed by atoms with van der Waals surface area (Å²) in [5, 5.41) is 2.77. The van der Waals surface area contributed by atoms with E-state index >= 15 is 0 Å². The average molecular weight is 336 g/mol. The van der Waals surface area contributed by atoms with Gasteiger partial charge in [0.1, 0.15) is 0 Å². The van der Waals surface area contributed by atoms with E-state index in [1.165, 1.54) is 37.5 Å². The number of aromatic nitrogens is 1. The second kappa shape index (κ2) is 3.71. The molecule has 0 amide bonds. The molecule has 0 N–H and O–H groups in total. The van der Waals surface area contributed by atoms with Crippen LogP contribution in [0.4, 0.5) is 0 Å². The molecular weight excluding hydrogens is 321 g/mol. The van der Waals surface area contributed by atoms with Gasteiger partial charge in [0.05, 0.1) is 0 Å². The first-order valence-electron chi connectivity index (χ1n) is 7.30. The van der Waals surface area contributed by atoms with Crippen molar-refractivity contribution in [3.05, 3.63) is 64.6 Å². The maximum absolute atomic E-state index is 2.53. The van der Waals surface area contributed by atoms with Crippen molar-refractivity contribution in [3.8, 4) is 4.56 Å². The van der Waals surface area contributed by atoms with Crippen LogP contribution in [-0.2, 0) is 5.41 Å². The van der Waals surface area contributed by atoms with E-state index in [1.54, 1.807) is 0 Å². The number of hydrogen-bond acceptors (Lipinski definition) is 0. The second-order valence-electron chi connectivity index (χ2n) is 6.32. The van der Waals surface area contributed by atoms with Crippen molar-refractivity contribution < 1.29 is 0 Å². The quantitative estimate of drug-likeness (QED) is 0.417. The van der Waals surface area contributed by atoms with Crippen LogP contribution in [0.1, 0.15) is 25.0 Å². The Hall–Kier alpha value is -1.76. The minimum atomic E-state index is 0.105. The Kier molecular flexibility index (Phi) is 2.09. The molecule has 0 saturated carbocycles. The predicted octanol–water partition coefficient (Wildman–Crippen LogP) is 4.48. The Morgan fingerprint density at radius 1 is 0.857 bits per heavy atom. The number of hydrogen-bond donors (Lipinski definition) is 0. The van der Waals surface area contributed by atoms with Crippen LogP contribution in [0.15, 0.2) is 53.5 Å².